The van der Waals surface area contributed by atoms with Gasteiger partial charge < -0.3 is 19.9 Å². The zero-order chi connectivity index (χ0) is 17.8. The molecule has 1 N–H and O–H groups in total. The van der Waals surface area contributed by atoms with Crippen molar-refractivity contribution in [3.63, 3.8) is 0 Å². The Kier molecular flexibility index (Phi) is 5.56. The minimum atomic E-state index is -0.132. The summed E-state index contributed by atoms with van der Waals surface area (Å²) in [6.45, 7) is 2.86. The highest BCUT2D eigenvalue weighted by Crippen LogP contribution is 2.25. The predicted molar refractivity (Wildman–Crippen MR) is 102 cm³/mol. The van der Waals surface area contributed by atoms with Crippen molar-refractivity contribution >= 4 is 40.6 Å². The lowest BCUT2D eigenvalue weighted by atomic mass is 10.2. The van der Waals surface area contributed by atoms with E-state index < -0.39 is 0 Å². The molecule has 132 valence electrons. The second-order valence-corrected chi connectivity index (χ2v) is 6.55. The summed E-state index contributed by atoms with van der Waals surface area (Å²) in [5.74, 6) is 0.836. The first-order valence-corrected chi connectivity index (χ1v) is 8.72. The van der Waals surface area contributed by atoms with E-state index in [1.807, 2.05) is 24.3 Å². The van der Waals surface area contributed by atoms with Gasteiger partial charge in [0.1, 0.15) is 5.75 Å². The maximum Gasteiger partial charge on any atom is 0.321 e. The molecule has 0 saturated carbocycles. The number of ether oxygens (including phenoxy) is 1. The van der Waals surface area contributed by atoms with Gasteiger partial charge in [0.25, 0.3) is 0 Å². The number of benzene rings is 2. The summed E-state index contributed by atoms with van der Waals surface area (Å²) in [5.41, 5.74) is 1.77. The van der Waals surface area contributed by atoms with Gasteiger partial charge in [-0.2, -0.15) is 0 Å². The highest BCUT2D eigenvalue weighted by atomic mass is 35.5. The smallest absolute Gasteiger partial charge is 0.321 e. The van der Waals surface area contributed by atoms with Crippen molar-refractivity contribution in [1.29, 1.82) is 0 Å². The molecule has 2 aromatic carbocycles. The van der Waals surface area contributed by atoms with Gasteiger partial charge in [0.05, 0.1) is 17.2 Å². The summed E-state index contributed by atoms with van der Waals surface area (Å²) in [6, 6.07) is 12.9. The molecule has 7 heteroatoms. The van der Waals surface area contributed by atoms with Crippen molar-refractivity contribution in [3.05, 3.63) is 52.5 Å². The van der Waals surface area contributed by atoms with Crippen LogP contribution in [0.2, 0.25) is 10.0 Å². The SMILES string of the molecule is COc1ccc(N2CCN(C(=O)Nc3ccc(Cl)c(Cl)c3)CC2)cc1. The van der Waals surface area contributed by atoms with E-state index in [4.69, 9.17) is 27.9 Å². The zero-order valence-electron chi connectivity index (χ0n) is 13.8. The van der Waals surface area contributed by atoms with Gasteiger partial charge in [-0.05, 0) is 42.5 Å². The Hall–Kier alpha value is -2.11. The fourth-order valence-electron chi connectivity index (χ4n) is 2.74. The number of urea groups is 1. The molecular formula is C18H19Cl2N3O2. The van der Waals surface area contributed by atoms with E-state index in [-0.39, 0.29) is 6.03 Å². The number of nitrogens with one attached hydrogen (secondary N) is 1. The van der Waals surface area contributed by atoms with E-state index in [2.05, 4.69) is 10.2 Å². The van der Waals surface area contributed by atoms with Crippen molar-refractivity contribution < 1.29 is 9.53 Å². The van der Waals surface area contributed by atoms with Crippen LogP contribution < -0.4 is 15.0 Å². The Balaban J connectivity index is 1.55. The molecule has 1 aliphatic rings. The molecule has 0 unspecified atom stereocenters. The fraction of sp³-hybridized carbons (Fsp3) is 0.278. The van der Waals surface area contributed by atoms with Gasteiger partial charge in [-0.25, -0.2) is 4.79 Å². The van der Waals surface area contributed by atoms with E-state index in [1.54, 1.807) is 30.2 Å². The summed E-state index contributed by atoms with van der Waals surface area (Å²) in [4.78, 5) is 16.4. The molecule has 1 fully saturated rings. The molecule has 0 spiro atoms. The number of anilines is 2. The molecule has 0 atom stereocenters. The lowest BCUT2D eigenvalue weighted by Crippen LogP contribution is -2.50. The first-order chi connectivity index (χ1) is 12.1. The maximum absolute atomic E-state index is 12.4. The average Bonchev–Trinajstić information content (AvgIpc) is 2.65. The van der Waals surface area contributed by atoms with Crippen LogP contribution in [0.25, 0.3) is 0 Å². The van der Waals surface area contributed by atoms with Crippen LogP contribution in [0.15, 0.2) is 42.5 Å². The Morgan fingerprint density at radius 1 is 1.00 bits per heavy atom. The van der Waals surface area contributed by atoms with Crippen LogP contribution in [-0.2, 0) is 0 Å². The van der Waals surface area contributed by atoms with Crippen molar-refractivity contribution in [1.82, 2.24) is 4.90 Å². The van der Waals surface area contributed by atoms with Crippen LogP contribution in [-0.4, -0.2) is 44.2 Å². The number of nitrogens with zero attached hydrogens (tertiary/aromatic N) is 2. The summed E-state index contributed by atoms with van der Waals surface area (Å²) >= 11 is 11.9. The number of amides is 2. The lowest BCUT2D eigenvalue weighted by Gasteiger charge is -2.36. The van der Waals surface area contributed by atoms with Crippen molar-refractivity contribution in [3.8, 4) is 5.75 Å². The predicted octanol–water partition coefficient (Wildman–Crippen LogP) is 4.36. The fourth-order valence-corrected chi connectivity index (χ4v) is 3.04. The Morgan fingerprint density at radius 2 is 1.68 bits per heavy atom. The normalized spacial score (nSPS) is 14.4. The number of carbonyl (C=O) groups is 1. The van der Waals surface area contributed by atoms with Crippen LogP contribution in [0.3, 0.4) is 0 Å². The zero-order valence-corrected chi connectivity index (χ0v) is 15.3. The number of hydrogen-bond donors (Lipinski definition) is 1. The number of methoxy groups -OCH3 is 1. The summed E-state index contributed by atoms with van der Waals surface area (Å²) in [7, 11) is 1.65. The van der Waals surface area contributed by atoms with Crippen molar-refractivity contribution in [2.75, 3.05) is 43.5 Å². The number of carbonyl (C=O) groups excluding carboxylic acids is 1. The average molecular weight is 380 g/mol. The number of hydrogen-bond acceptors (Lipinski definition) is 3. The van der Waals surface area contributed by atoms with Gasteiger partial charge in [-0.3, -0.25) is 0 Å². The molecule has 0 aromatic heterocycles. The summed E-state index contributed by atoms with van der Waals surface area (Å²) in [5, 5.41) is 3.74. The second kappa shape index (κ2) is 7.85. The van der Waals surface area contributed by atoms with Crippen LogP contribution in [0, 0.1) is 0 Å². The molecule has 25 heavy (non-hydrogen) atoms. The van der Waals surface area contributed by atoms with E-state index in [9.17, 15) is 4.79 Å². The molecule has 0 aliphatic carbocycles. The van der Waals surface area contributed by atoms with Crippen LogP contribution >= 0.6 is 23.2 Å². The van der Waals surface area contributed by atoms with Gasteiger partial charge in [-0.15, -0.1) is 0 Å². The molecule has 3 rings (SSSR count). The van der Waals surface area contributed by atoms with Crippen LogP contribution in [0.5, 0.6) is 5.75 Å². The van der Waals surface area contributed by atoms with Gasteiger partial charge in [-0.1, -0.05) is 23.2 Å². The van der Waals surface area contributed by atoms with Crippen LogP contribution in [0.4, 0.5) is 16.2 Å². The molecule has 2 aromatic rings. The van der Waals surface area contributed by atoms with E-state index in [1.165, 1.54) is 0 Å². The monoisotopic (exact) mass is 379 g/mol. The van der Waals surface area contributed by atoms with Crippen molar-refractivity contribution in [2.24, 2.45) is 0 Å². The van der Waals surface area contributed by atoms with E-state index in [0.717, 1.165) is 24.5 Å². The molecule has 1 heterocycles. The Labute approximate surface area is 157 Å². The summed E-state index contributed by atoms with van der Waals surface area (Å²) in [6.07, 6.45) is 0. The van der Waals surface area contributed by atoms with E-state index >= 15 is 0 Å². The standard InChI is InChI=1S/C18H19Cl2N3O2/c1-25-15-5-3-14(4-6-15)22-8-10-23(11-9-22)18(24)21-13-2-7-16(19)17(20)12-13/h2-7,12H,8-11H2,1H3,(H,21,24). The second-order valence-electron chi connectivity index (χ2n) is 5.73. The molecule has 5 nitrogen and oxygen atoms in total. The molecule has 0 bridgehead atoms. The van der Waals surface area contributed by atoms with Gasteiger partial charge in [0, 0.05) is 37.6 Å². The van der Waals surface area contributed by atoms with Gasteiger partial charge >= 0.3 is 6.03 Å². The Bertz CT molecular complexity index is 744. The van der Waals surface area contributed by atoms with Gasteiger partial charge in [0.15, 0.2) is 0 Å². The number of halogens is 2. The topological polar surface area (TPSA) is 44.8 Å². The first-order valence-electron chi connectivity index (χ1n) is 7.97. The van der Waals surface area contributed by atoms with Gasteiger partial charge in [0.2, 0.25) is 0 Å². The minimum Gasteiger partial charge on any atom is -0.497 e. The molecule has 0 radical (unpaired) electrons. The summed E-state index contributed by atoms with van der Waals surface area (Å²) < 4.78 is 5.18. The highest BCUT2D eigenvalue weighted by Gasteiger charge is 2.21. The van der Waals surface area contributed by atoms with Crippen molar-refractivity contribution in [2.45, 2.75) is 0 Å². The third-order valence-corrected chi connectivity index (χ3v) is 4.91. The largest absolute Gasteiger partial charge is 0.497 e. The Morgan fingerprint density at radius 3 is 2.28 bits per heavy atom. The molecule has 1 saturated heterocycles. The highest BCUT2D eigenvalue weighted by molar-refractivity contribution is 6.42. The third kappa shape index (κ3) is 4.30. The molecular weight excluding hydrogens is 361 g/mol. The third-order valence-electron chi connectivity index (χ3n) is 4.18. The maximum atomic E-state index is 12.4. The number of rotatable bonds is 3. The first kappa shape index (κ1) is 17.7. The molecule has 1 aliphatic heterocycles. The minimum absolute atomic E-state index is 0.132. The quantitative estimate of drug-likeness (QED) is 0.861. The van der Waals surface area contributed by atoms with E-state index in [0.29, 0.717) is 28.8 Å². The number of piperazine rings is 1. The lowest BCUT2D eigenvalue weighted by molar-refractivity contribution is 0.208. The van der Waals surface area contributed by atoms with Crippen LogP contribution in [0.1, 0.15) is 0 Å². The molecule has 2 amide bonds.